The maximum Gasteiger partial charge on any atom is 0.276 e. The van der Waals surface area contributed by atoms with Crippen LogP contribution in [0, 0.1) is 0 Å². The third-order valence-corrected chi connectivity index (χ3v) is 5.14. The van der Waals surface area contributed by atoms with Crippen molar-refractivity contribution in [3.8, 4) is 0 Å². The molecule has 0 bridgehead atoms. The molecule has 2 amide bonds. The van der Waals surface area contributed by atoms with Crippen LogP contribution in [0.4, 0.5) is 5.69 Å². The Bertz CT molecular complexity index is 1020. The van der Waals surface area contributed by atoms with Crippen LogP contribution in [0.2, 0.25) is 0 Å². The van der Waals surface area contributed by atoms with Gasteiger partial charge in [-0.25, -0.2) is 0 Å². The summed E-state index contributed by atoms with van der Waals surface area (Å²) in [5.74, 6) is -0.368. The molecule has 0 radical (unpaired) electrons. The van der Waals surface area contributed by atoms with Crippen LogP contribution in [0.15, 0.2) is 72.9 Å². The smallest absolute Gasteiger partial charge is 0.276 e. The summed E-state index contributed by atoms with van der Waals surface area (Å²) in [5.41, 5.74) is 4.01. The van der Waals surface area contributed by atoms with Crippen LogP contribution in [0.1, 0.15) is 38.4 Å². The molecule has 3 aromatic rings. The first-order valence-electron chi connectivity index (χ1n) is 9.90. The van der Waals surface area contributed by atoms with E-state index in [4.69, 9.17) is 0 Å². The molecule has 5 nitrogen and oxygen atoms in total. The number of anilines is 1. The molecule has 1 aliphatic heterocycles. The standard InChI is InChI=1S/C24H23N3O2/c28-23(26-14-12-18-7-2-1-3-8-18)20-13-15-25-21(17-20)24(29)27-16-6-10-19-9-4-5-11-22(19)27/h1-5,7-9,11,13,15,17H,6,10,12,14,16H2,(H,26,28). The fraction of sp³-hybridized carbons (Fsp3) is 0.208. The Labute approximate surface area is 170 Å². The second-order valence-electron chi connectivity index (χ2n) is 7.11. The Morgan fingerprint density at radius 1 is 1.00 bits per heavy atom. The fourth-order valence-electron chi connectivity index (χ4n) is 3.64. The van der Waals surface area contributed by atoms with Gasteiger partial charge in [0.1, 0.15) is 5.69 Å². The summed E-state index contributed by atoms with van der Waals surface area (Å²) in [6.07, 6.45) is 4.17. The number of amides is 2. The molecule has 5 heteroatoms. The molecule has 0 atom stereocenters. The number of rotatable bonds is 5. The molecule has 0 spiro atoms. The van der Waals surface area contributed by atoms with Crippen molar-refractivity contribution >= 4 is 17.5 Å². The van der Waals surface area contributed by atoms with Crippen molar-refractivity contribution in [3.05, 3.63) is 95.3 Å². The van der Waals surface area contributed by atoms with Gasteiger partial charge in [-0.3, -0.25) is 14.6 Å². The van der Waals surface area contributed by atoms with Crippen LogP contribution in [-0.4, -0.2) is 29.9 Å². The Hall–Kier alpha value is -3.47. The molecule has 4 rings (SSSR count). The second-order valence-corrected chi connectivity index (χ2v) is 7.11. The Morgan fingerprint density at radius 2 is 1.79 bits per heavy atom. The van der Waals surface area contributed by atoms with E-state index in [0.29, 0.717) is 18.7 Å². The first-order valence-corrected chi connectivity index (χ1v) is 9.90. The molecule has 2 aromatic carbocycles. The highest BCUT2D eigenvalue weighted by atomic mass is 16.2. The van der Waals surface area contributed by atoms with Gasteiger partial charge in [0.2, 0.25) is 0 Å². The highest BCUT2D eigenvalue weighted by Gasteiger charge is 2.24. The number of nitrogens with one attached hydrogen (secondary N) is 1. The van der Waals surface area contributed by atoms with Gasteiger partial charge in [-0.05, 0) is 48.6 Å². The number of aromatic nitrogens is 1. The lowest BCUT2D eigenvalue weighted by Crippen LogP contribution is -2.36. The van der Waals surface area contributed by atoms with E-state index >= 15 is 0 Å². The monoisotopic (exact) mass is 385 g/mol. The van der Waals surface area contributed by atoms with Crippen molar-refractivity contribution in [2.45, 2.75) is 19.3 Å². The van der Waals surface area contributed by atoms with Gasteiger partial charge in [0.15, 0.2) is 0 Å². The van der Waals surface area contributed by atoms with Crippen molar-refractivity contribution in [2.75, 3.05) is 18.0 Å². The van der Waals surface area contributed by atoms with Gasteiger partial charge < -0.3 is 10.2 Å². The van der Waals surface area contributed by atoms with Gasteiger partial charge in [0.25, 0.3) is 11.8 Å². The summed E-state index contributed by atoms with van der Waals surface area (Å²) in [4.78, 5) is 31.6. The van der Waals surface area contributed by atoms with E-state index in [2.05, 4.69) is 16.4 Å². The third kappa shape index (κ3) is 4.35. The van der Waals surface area contributed by atoms with Gasteiger partial charge in [-0.15, -0.1) is 0 Å². The summed E-state index contributed by atoms with van der Waals surface area (Å²) in [5, 5.41) is 2.92. The van der Waals surface area contributed by atoms with Crippen LogP contribution >= 0.6 is 0 Å². The van der Waals surface area contributed by atoms with Gasteiger partial charge in [0.05, 0.1) is 0 Å². The van der Waals surface area contributed by atoms with E-state index in [0.717, 1.165) is 24.9 Å². The summed E-state index contributed by atoms with van der Waals surface area (Å²) >= 11 is 0. The maximum absolute atomic E-state index is 13.1. The molecule has 1 N–H and O–H groups in total. The first-order chi connectivity index (χ1) is 14.2. The number of nitrogens with zero attached hydrogens (tertiary/aromatic N) is 2. The molecular weight excluding hydrogens is 362 g/mol. The van der Waals surface area contributed by atoms with Crippen LogP contribution in [0.3, 0.4) is 0 Å². The summed E-state index contributed by atoms with van der Waals surface area (Å²) in [7, 11) is 0. The molecule has 0 fully saturated rings. The number of carbonyl (C=O) groups is 2. The number of hydrogen-bond donors (Lipinski definition) is 1. The Balaban J connectivity index is 1.44. The van der Waals surface area contributed by atoms with E-state index in [9.17, 15) is 9.59 Å². The van der Waals surface area contributed by atoms with Crippen LogP contribution < -0.4 is 10.2 Å². The first kappa shape index (κ1) is 18.9. The quantitative estimate of drug-likeness (QED) is 0.729. The minimum absolute atomic E-state index is 0.170. The highest BCUT2D eigenvalue weighted by Crippen LogP contribution is 2.27. The van der Waals surface area contributed by atoms with Gasteiger partial charge in [-0.2, -0.15) is 0 Å². The second kappa shape index (κ2) is 8.69. The number of benzene rings is 2. The molecule has 1 aromatic heterocycles. The van der Waals surface area contributed by atoms with Gasteiger partial charge in [-0.1, -0.05) is 48.5 Å². The highest BCUT2D eigenvalue weighted by molar-refractivity contribution is 6.07. The number of para-hydroxylation sites is 1. The van der Waals surface area contributed by atoms with E-state index in [1.165, 1.54) is 17.3 Å². The van der Waals surface area contributed by atoms with E-state index in [-0.39, 0.29) is 17.5 Å². The predicted octanol–water partition coefficient (Wildman–Crippen LogP) is 3.65. The van der Waals surface area contributed by atoms with Gasteiger partial charge in [0, 0.05) is 30.5 Å². The molecule has 1 aliphatic rings. The lowest BCUT2D eigenvalue weighted by atomic mass is 10.0. The zero-order valence-electron chi connectivity index (χ0n) is 16.2. The van der Waals surface area contributed by atoms with Crippen molar-refractivity contribution in [1.82, 2.24) is 10.3 Å². The van der Waals surface area contributed by atoms with Crippen molar-refractivity contribution < 1.29 is 9.59 Å². The molecule has 0 unspecified atom stereocenters. The third-order valence-electron chi connectivity index (χ3n) is 5.14. The van der Waals surface area contributed by atoms with Crippen molar-refractivity contribution in [2.24, 2.45) is 0 Å². The number of pyridine rings is 1. The zero-order valence-corrected chi connectivity index (χ0v) is 16.2. The zero-order chi connectivity index (χ0) is 20.1. The number of aryl methyl sites for hydroxylation is 1. The molecule has 2 heterocycles. The van der Waals surface area contributed by atoms with Crippen LogP contribution in [0.25, 0.3) is 0 Å². The largest absolute Gasteiger partial charge is 0.352 e. The fourth-order valence-corrected chi connectivity index (χ4v) is 3.64. The summed E-state index contributed by atoms with van der Waals surface area (Å²) < 4.78 is 0. The van der Waals surface area contributed by atoms with Crippen molar-refractivity contribution in [3.63, 3.8) is 0 Å². The number of hydrogen-bond acceptors (Lipinski definition) is 3. The average molecular weight is 385 g/mol. The number of fused-ring (bicyclic) bond motifs is 1. The Morgan fingerprint density at radius 3 is 2.66 bits per heavy atom. The van der Waals surface area contributed by atoms with E-state index < -0.39 is 0 Å². The SMILES string of the molecule is O=C(NCCc1ccccc1)c1ccnc(C(=O)N2CCCc3ccccc32)c1. The topological polar surface area (TPSA) is 62.3 Å². The molecule has 29 heavy (non-hydrogen) atoms. The minimum atomic E-state index is -0.198. The molecule has 0 saturated carbocycles. The van der Waals surface area contributed by atoms with E-state index in [1.807, 2.05) is 48.5 Å². The summed E-state index contributed by atoms with van der Waals surface area (Å²) in [6, 6.07) is 21.2. The lowest BCUT2D eigenvalue weighted by molar-refractivity contribution is 0.0954. The number of carbonyl (C=O) groups excluding carboxylic acids is 2. The minimum Gasteiger partial charge on any atom is -0.352 e. The van der Waals surface area contributed by atoms with E-state index in [1.54, 1.807) is 17.0 Å². The van der Waals surface area contributed by atoms with Crippen LogP contribution in [0.5, 0.6) is 0 Å². The maximum atomic E-state index is 13.1. The normalized spacial score (nSPS) is 12.9. The van der Waals surface area contributed by atoms with Crippen LogP contribution in [-0.2, 0) is 12.8 Å². The van der Waals surface area contributed by atoms with Gasteiger partial charge >= 0.3 is 0 Å². The molecule has 0 saturated heterocycles. The van der Waals surface area contributed by atoms with Crippen molar-refractivity contribution in [1.29, 1.82) is 0 Å². The predicted molar refractivity (Wildman–Crippen MR) is 113 cm³/mol. The Kier molecular flexibility index (Phi) is 5.66. The molecule has 146 valence electrons. The molecule has 0 aliphatic carbocycles. The lowest BCUT2D eigenvalue weighted by Gasteiger charge is -2.29. The average Bonchev–Trinajstić information content (AvgIpc) is 2.79. The summed E-state index contributed by atoms with van der Waals surface area (Å²) in [6.45, 7) is 1.19. The molecular formula is C24H23N3O2.